The van der Waals surface area contributed by atoms with Gasteiger partial charge in [0.05, 0.1) is 21.5 Å². The third-order valence-corrected chi connectivity index (χ3v) is 3.91. The average Bonchev–Trinajstić information content (AvgIpc) is 2.49. The zero-order chi connectivity index (χ0) is 15.9. The summed E-state index contributed by atoms with van der Waals surface area (Å²) in [6.07, 6.45) is 0. The van der Waals surface area contributed by atoms with Crippen LogP contribution in [0.15, 0.2) is 41.2 Å². The van der Waals surface area contributed by atoms with Gasteiger partial charge in [0, 0.05) is 0 Å². The molecule has 1 heterocycles. The molecule has 0 amide bonds. The van der Waals surface area contributed by atoms with Crippen LogP contribution in [0.5, 0.6) is 5.75 Å². The normalized spacial score (nSPS) is 11.3. The highest BCUT2D eigenvalue weighted by molar-refractivity contribution is 6.32. The van der Waals surface area contributed by atoms with Crippen LogP contribution in [0.1, 0.15) is 25.3 Å². The Morgan fingerprint density at radius 3 is 2.68 bits per heavy atom. The predicted octanol–water partition coefficient (Wildman–Crippen LogP) is 4.07. The molecule has 0 aliphatic heterocycles. The van der Waals surface area contributed by atoms with Crippen LogP contribution in [-0.2, 0) is 0 Å². The molecule has 3 aromatic rings. The van der Waals surface area contributed by atoms with Gasteiger partial charge in [0.15, 0.2) is 0 Å². The van der Waals surface area contributed by atoms with Gasteiger partial charge >= 0.3 is 0 Å². The van der Waals surface area contributed by atoms with Crippen molar-refractivity contribution in [2.45, 2.75) is 19.8 Å². The molecule has 0 unspecified atom stereocenters. The van der Waals surface area contributed by atoms with E-state index in [-0.39, 0.29) is 22.2 Å². The second-order valence-corrected chi connectivity index (χ2v) is 5.89. The Labute approximate surface area is 132 Å². The van der Waals surface area contributed by atoms with Crippen LogP contribution < -0.4 is 5.56 Å². The van der Waals surface area contributed by atoms with Gasteiger partial charge in [0.25, 0.3) is 5.56 Å². The number of para-hydroxylation sites is 1. The first-order valence-electron chi connectivity index (χ1n) is 6.99. The van der Waals surface area contributed by atoms with Crippen molar-refractivity contribution in [2.24, 2.45) is 0 Å². The SMILES string of the molecule is CC(C)c1cc(Cl)c(O)c(-c2nc3ccccc3c(=O)[nH]2)c1. The van der Waals surface area contributed by atoms with Gasteiger partial charge in [0.2, 0.25) is 0 Å². The first-order chi connectivity index (χ1) is 10.5. The van der Waals surface area contributed by atoms with Crippen molar-refractivity contribution in [3.8, 4) is 17.1 Å². The average molecular weight is 315 g/mol. The fraction of sp³-hybridized carbons (Fsp3) is 0.176. The maximum absolute atomic E-state index is 12.2. The fourth-order valence-corrected chi connectivity index (χ4v) is 2.58. The Kier molecular flexibility index (Phi) is 3.62. The quantitative estimate of drug-likeness (QED) is 0.749. The number of benzene rings is 2. The molecule has 0 aliphatic rings. The van der Waals surface area contributed by atoms with Crippen LogP contribution in [0.3, 0.4) is 0 Å². The van der Waals surface area contributed by atoms with Crippen LogP contribution in [0, 0.1) is 0 Å². The molecule has 5 heteroatoms. The Morgan fingerprint density at radius 2 is 1.95 bits per heavy atom. The Bertz CT molecular complexity index is 916. The van der Waals surface area contributed by atoms with Gasteiger partial charge < -0.3 is 10.1 Å². The van der Waals surface area contributed by atoms with Crippen molar-refractivity contribution in [1.29, 1.82) is 0 Å². The van der Waals surface area contributed by atoms with Crippen LogP contribution in [0.25, 0.3) is 22.3 Å². The summed E-state index contributed by atoms with van der Waals surface area (Å²) in [5.41, 5.74) is 1.73. The number of H-pyrrole nitrogens is 1. The molecular weight excluding hydrogens is 300 g/mol. The number of nitrogens with zero attached hydrogens (tertiary/aromatic N) is 1. The molecule has 2 aromatic carbocycles. The Hall–Kier alpha value is -2.33. The second-order valence-electron chi connectivity index (χ2n) is 5.49. The van der Waals surface area contributed by atoms with E-state index in [1.165, 1.54) is 0 Å². The number of halogens is 1. The van der Waals surface area contributed by atoms with Gasteiger partial charge in [-0.1, -0.05) is 37.6 Å². The third-order valence-electron chi connectivity index (χ3n) is 3.62. The predicted molar refractivity (Wildman–Crippen MR) is 88.6 cm³/mol. The molecule has 4 nitrogen and oxygen atoms in total. The molecule has 0 radical (unpaired) electrons. The Morgan fingerprint density at radius 1 is 1.23 bits per heavy atom. The summed E-state index contributed by atoms with van der Waals surface area (Å²) >= 11 is 6.10. The van der Waals surface area contributed by atoms with Crippen molar-refractivity contribution in [2.75, 3.05) is 0 Å². The standard InChI is InChI=1S/C17H15ClN2O2/c1-9(2)10-7-12(15(21)13(18)8-10)16-19-14-6-4-3-5-11(14)17(22)20-16/h3-9,21H,1-2H3,(H,19,20,22). The lowest BCUT2D eigenvalue weighted by Gasteiger charge is -2.12. The molecular formula is C17H15ClN2O2. The zero-order valence-electron chi connectivity index (χ0n) is 12.2. The van der Waals surface area contributed by atoms with Gasteiger partial charge in [-0.2, -0.15) is 0 Å². The number of hydrogen-bond donors (Lipinski definition) is 2. The summed E-state index contributed by atoms with van der Waals surface area (Å²) in [5.74, 6) is 0.471. The van der Waals surface area contributed by atoms with E-state index in [2.05, 4.69) is 9.97 Å². The number of hydrogen-bond acceptors (Lipinski definition) is 3. The van der Waals surface area contributed by atoms with Crippen LogP contribution >= 0.6 is 11.6 Å². The molecule has 0 spiro atoms. The Balaban J connectivity index is 2.29. The van der Waals surface area contributed by atoms with Crippen molar-refractivity contribution < 1.29 is 5.11 Å². The van der Waals surface area contributed by atoms with Crippen molar-refractivity contribution >= 4 is 22.5 Å². The van der Waals surface area contributed by atoms with Crippen LogP contribution in [-0.4, -0.2) is 15.1 Å². The monoisotopic (exact) mass is 314 g/mol. The smallest absolute Gasteiger partial charge is 0.259 e. The highest BCUT2D eigenvalue weighted by atomic mass is 35.5. The zero-order valence-corrected chi connectivity index (χ0v) is 13.0. The number of aromatic amines is 1. The van der Waals surface area contributed by atoms with E-state index in [4.69, 9.17) is 11.6 Å². The number of rotatable bonds is 2. The molecule has 3 rings (SSSR count). The van der Waals surface area contributed by atoms with Crippen LogP contribution in [0.2, 0.25) is 5.02 Å². The fourth-order valence-electron chi connectivity index (χ4n) is 2.35. The van der Waals surface area contributed by atoms with Gasteiger partial charge in [-0.25, -0.2) is 4.98 Å². The molecule has 112 valence electrons. The summed E-state index contributed by atoms with van der Waals surface area (Å²) in [7, 11) is 0. The largest absolute Gasteiger partial charge is 0.506 e. The van der Waals surface area contributed by atoms with E-state index < -0.39 is 0 Å². The van der Waals surface area contributed by atoms with Gasteiger partial charge in [0.1, 0.15) is 11.6 Å². The van der Waals surface area contributed by atoms with E-state index >= 15 is 0 Å². The molecule has 0 saturated heterocycles. The molecule has 0 bridgehead atoms. The minimum atomic E-state index is -0.244. The first kappa shape index (κ1) is 14.6. The summed E-state index contributed by atoms with van der Waals surface area (Å²) in [5, 5.41) is 11.0. The van der Waals surface area contributed by atoms with E-state index in [1.54, 1.807) is 30.3 Å². The lowest BCUT2D eigenvalue weighted by atomic mass is 10.00. The summed E-state index contributed by atoms with van der Waals surface area (Å²) < 4.78 is 0. The third kappa shape index (κ3) is 2.46. The first-order valence-corrected chi connectivity index (χ1v) is 7.37. The van der Waals surface area contributed by atoms with Crippen molar-refractivity contribution in [3.63, 3.8) is 0 Å². The minimum absolute atomic E-state index is 0.0792. The maximum atomic E-state index is 12.2. The van der Waals surface area contributed by atoms with E-state index in [0.717, 1.165) is 5.56 Å². The second kappa shape index (κ2) is 5.46. The number of aromatic nitrogens is 2. The summed E-state index contributed by atoms with van der Waals surface area (Å²) in [6, 6.07) is 10.6. The molecule has 0 atom stereocenters. The number of fused-ring (bicyclic) bond motifs is 1. The molecule has 2 N–H and O–H groups in total. The van der Waals surface area contributed by atoms with Crippen molar-refractivity contribution in [1.82, 2.24) is 9.97 Å². The topological polar surface area (TPSA) is 66.0 Å². The summed E-state index contributed by atoms with van der Waals surface area (Å²) in [6.45, 7) is 4.06. The van der Waals surface area contributed by atoms with E-state index in [0.29, 0.717) is 22.3 Å². The molecule has 22 heavy (non-hydrogen) atoms. The summed E-state index contributed by atoms with van der Waals surface area (Å²) in [4.78, 5) is 19.3. The van der Waals surface area contributed by atoms with Gasteiger partial charge in [-0.3, -0.25) is 4.79 Å². The number of phenols is 1. The lowest BCUT2D eigenvalue weighted by Crippen LogP contribution is -2.09. The highest BCUT2D eigenvalue weighted by Crippen LogP contribution is 2.36. The molecule has 0 aliphatic carbocycles. The van der Waals surface area contributed by atoms with Gasteiger partial charge in [-0.15, -0.1) is 0 Å². The highest BCUT2D eigenvalue weighted by Gasteiger charge is 2.15. The number of nitrogens with one attached hydrogen (secondary N) is 1. The number of phenolic OH excluding ortho intramolecular Hbond substituents is 1. The minimum Gasteiger partial charge on any atom is -0.506 e. The van der Waals surface area contributed by atoms with E-state index in [9.17, 15) is 9.90 Å². The maximum Gasteiger partial charge on any atom is 0.259 e. The van der Waals surface area contributed by atoms with Crippen LogP contribution in [0.4, 0.5) is 0 Å². The molecule has 0 saturated carbocycles. The van der Waals surface area contributed by atoms with Crippen molar-refractivity contribution in [3.05, 3.63) is 57.3 Å². The van der Waals surface area contributed by atoms with Gasteiger partial charge in [-0.05, 0) is 35.7 Å². The lowest BCUT2D eigenvalue weighted by molar-refractivity contribution is 0.477. The van der Waals surface area contributed by atoms with E-state index in [1.807, 2.05) is 19.9 Å². The molecule has 1 aromatic heterocycles. The molecule has 0 fully saturated rings. The number of aromatic hydroxyl groups is 1.